The summed E-state index contributed by atoms with van der Waals surface area (Å²) >= 11 is 0. The molecule has 3 rings (SSSR count). The second-order valence-corrected chi connectivity index (χ2v) is 9.00. The molecule has 2 saturated carbocycles. The zero-order valence-electron chi connectivity index (χ0n) is 18.9. The molecule has 0 aliphatic heterocycles. The number of rotatable bonds is 10. The van der Waals surface area contributed by atoms with E-state index in [1.807, 2.05) is 24.3 Å². The third-order valence-corrected chi connectivity index (χ3v) is 6.60. The minimum Gasteiger partial charge on any atom is -0.497 e. The summed E-state index contributed by atoms with van der Waals surface area (Å²) in [6.45, 7) is 1.30. The van der Waals surface area contributed by atoms with Crippen molar-refractivity contribution in [3.8, 4) is 5.75 Å². The summed E-state index contributed by atoms with van der Waals surface area (Å²) in [5.74, 6) is 1.17. The predicted octanol–water partition coefficient (Wildman–Crippen LogP) is 3.97. The van der Waals surface area contributed by atoms with E-state index in [0.29, 0.717) is 19.1 Å². The van der Waals surface area contributed by atoms with Gasteiger partial charge in [-0.2, -0.15) is 0 Å². The van der Waals surface area contributed by atoms with E-state index in [1.165, 1.54) is 38.5 Å². The van der Waals surface area contributed by atoms with Crippen molar-refractivity contribution in [2.24, 2.45) is 11.8 Å². The molecule has 0 aromatic heterocycles. The van der Waals surface area contributed by atoms with Crippen LogP contribution in [0.15, 0.2) is 24.3 Å². The first kappa shape index (κ1) is 23.6. The topological polar surface area (TPSA) is 76.7 Å². The predicted molar refractivity (Wildman–Crippen MR) is 121 cm³/mol. The zero-order valence-corrected chi connectivity index (χ0v) is 18.9. The Morgan fingerprint density at radius 3 is 2.26 bits per heavy atom. The quantitative estimate of drug-likeness (QED) is 0.589. The Labute approximate surface area is 186 Å². The Bertz CT molecular complexity index is 679. The molecule has 2 N–H and O–H groups in total. The van der Waals surface area contributed by atoms with Crippen molar-refractivity contribution in [1.82, 2.24) is 10.6 Å². The SMILES string of the molecule is COc1ccc(CNC(=O)C(COCC2CCCCC2)NC(=O)C2CCCCC2)cc1. The number of hydrogen-bond donors (Lipinski definition) is 2. The minimum absolute atomic E-state index is 0.00874. The van der Waals surface area contributed by atoms with Crippen LogP contribution in [0.25, 0.3) is 0 Å². The molecule has 0 heterocycles. The van der Waals surface area contributed by atoms with Gasteiger partial charge < -0.3 is 20.1 Å². The normalized spacial score (nSPS) is 18.9. The Hall–Kier alpha value is -2.08. The second-order valence-electron chi connectivity index (χ2n) is 9.00. The third-order valence-electron chi connectivity index (χ3n) is 6.60. The highest BCUT2D eigenvalue weighted by atomic mass is 16.5. The molecule has 1 aromatic carbocycles. The highest BCUT2D eigenvalue weighted by Crippen LogP contribution is 2.25. The summed E-state index contributed by atoms with van der Waals surface area (Å²) in [4.78, 5) is 25.7. The molecule has 6 heteroatoms. The highest BCUT2D eigenvalue weighted by Gasteiger charge is 2.27. The van der Waals surface area contributed by atoms with Crippen LogP contribution in [0, 0.1) is 11.8 Å². The van der Waals surface area contributed by atoms with Crippen LogP contribution in [0.4, 0.5) is 0 Å². The molecule has 2 fully saturated rings. The molecule has 6 nitrogen and oxygen atoms in total. The van der Waals surface area contributed by atoms with E-state index in [1.54, 1.807) is 7.11 Å². The summed E-state index contributed by atoms with van der Waals surface area (Å²) in [6, 6.07) is 6.94. The lowest BCUT2D eigenvalue weighted by Gasteiger charge is -2.26. The van der Waals surface area contributed by atoms with Gasteiger partial charge in [-0.3, -0.25) is 9.59 Å². The summed E-state index contributed by atoms with van der Waals surface area (Å²) in [6.07, 6.45) is 11.4. The van der Waals surface area contributed by atoms with Crippen molar-refractivity contribution in [1.29, 1.82) is 0 Å². The molecule has 0 radical (unpaired) electrons. The fraction of sp³-hybridized carbons (Fsp3) is 0.680. The lowest BCUT2D eigenvalue weighted by molar-refractivity contribution is -0.133. The molecule has 2 aliphatic carbocycles. The molecule has 2 amide bonds. The standard InChI is InChI=1S/C25H38N2O4/c1-30-22-14-12-19(13-15-22)16-26-25(29)23(18-31-17-20-8-4-2-5-9-20)27-24(28)21-10-6-3-7-11-21/h12-15,20-21,23H,2-11,16-18H2,1H3,(H,26,29)(H,27,28). The van der Waals surface area contributed by atoms with E-state index < -0.39 is 6.04 Å². The van der Waals surface area contributed by atoms with Crippen molar-refractivity contribution < 1.29 is 19.1 Å². The Kier molecular flexibility index (Phi) is 9.66. The van der Waals surface area contributed by atoms with Gasteiger partial charge in [0.15, 0.2) is 0 Å². The lowest BCUT2D eigenvalue weighted by Crippen LogP contribution is -2.51. The molecule has 1 atom stereocenters. The Morgan fingerprint density at radius 1 is 0.968 bits per heavy atom. The van der Waals surface area contributed by atoms with E-state index in [-0.39, 0.29) is 24.3 Å². The van der Waals surface area contributed by atoms with Crippen LogP contribution < -0.4 is 15.4 Å². The van der Waals surface area contributed by atoms with Gasteiger partial charge in [0.1, 0.15) is 11.8 Å². The Balaban J connectivity index is 1.52. The van der Waals surface area contributed by atoms with Crippen LogP contribution in [0.2, 0.25) is 0 Å². The number of nitrogens with one attached hydrogen (secondary N) is 2. The van der Waals surface area contributed by atoms with Crippen molar-refractivity contribution in [2.45, 2.75) is 76.8 Å². The van der Waals surface area contributed by atoms with Gasteiger partial charge in [-0.15, -0.1) is 0 Å². The van der Waals surface area contributed by atoms with Gasteiger partial charge >= 0.3 is 0 Å². The average Bonchev–Trinajstić information content (AvgIpc) is 2.83. The van der Waals surface area contributed by atoms with Crippen LogP contribution in [0.3, 0.4) is 0 Å². The van der Waals surface area contributed by atoms with E-state index >= 15 is 0 Å². The van der Waals surface area contributed by atoms with Gasteiger partial charge in [-0.1, -0.05) is 50.7 Å². The fourth-order valence-corrected chi connectivity index (χ4v) is 4.60. The monoisotopic (exact) mass is 430 g/mol. The van der Waals surface area contributed by atoms with Crippen molar-refractivity contribution in [2.75, 3.05) is 20.3 Å². The minimum atomic E-state index is -0.656. The first-order valence-electron chi connectivity index (χ1n) is 11.9. The maximum Gasteiger partial charge on any atom is 0.245 e. The van der Waals surface area contributed by atoms with Gasteiger partial charge in [-0.25, -0.2) is 0 Å². The molecule has 0 spiro atoms. The number of methoxy groups -OCH3 is 1. The van der Waals surface area contributed by atoms with E-state index in [9.17, 15) is 9.59 Å². The molecule has 172 valence electrons. The maximum atomic E-state index is 12.9. The van der Waals surface area contributed by atoms with Crippen LogP contribution in [-0.4, -0.2) is 38.2 Å². The van der Waals surface area contributed by atoms with E-state index in [2.05, 4.69) is 10.6 Å². The smallest absolute Gasteiger partial charge is 0.245 e. The fourth-order valence-electron chi connectivity index (χ4n) is 4.60. The summed E-state index contributed by atoms with van der Waals surface area (Å²) < 4.78 is 11.1. The molecule has 0 bridgehead atoms. The first-order chi connectivity index (χ1) is 15.2. The summed E-state index contributed by atoms with van der Waals surface area (Å²) in [5, 5.41) is 5.94. The van der Waals surface area contributed by atoms with E-state index in [4.69, 9.17) is 9.47 Å². The number of hydrogen-bond acceptors (Lipinski definition) is 4. The van der Waals surface area contributed by atoms with Gasteiger partial charge in [0.05, 0.1) is 13.7 Å². The molecular weight excluding hydrogens is 392 g/mol. The van der Waals surface area contributed by atoms with Crippen LogP contribution in [0.5, 0.6) is 5.75 Å². The number of ether oxygens (including phenoxy) is 2. The molecule has 0 saturated heterocycles. The number of carbonyl (C=O) groups is 2. The third kappa shape index (κ3) is 7.84. The summed E-state index contributed by atoms with van der Waals surface area (Å²) in [7, 11) is 1.63. The van der Waals surface area contributed by atoms with Crippen LogP contribution in [-0.2, 0) is 20.9 Å². The average molecular weight is 431 g/mol. The van der Waals surface area contributed by atoms with Crippen molar-refractivity contribution in [3.63, 3.8) is 0 Å². The van der Waals surface area contributed by atoms with Crippen molar-refractivity contribution >= 4 is 11.8 Å². The maximum absolute atomic E-state index is 12.9. The molecule has 2 aliphatic rings. The van der Waals surface area contributed by atoms with Crippen LogP contribution in [0.1, 0.15) is 69.8 Å². The first-order valence-corrected chi connectivity index (χ1v) is 11.9. The molecule has 1 aromatic rings. The lowest BCUT2D eigenvalue weighted by atomic mass is 9.88. The number of amides is 2. The summed E-state index contributed by atoms with van der Waals surface area (Å²) in [5.41, 5.74) is 0.981. The molecule has 1 unspecified atom stereocenters. The second kappa shape index (κ2) is 12.7. The number of carbonyl (C=O) groups excluding carboxylic acids is 2. The van der Waals surface area contributed by atoms with E-state index in [0.717, 1.165) is 37.0 Å². The number of benzene rings is 1. The largest absolute Gasteiger partial charge is 0.497 e. The van der Waals surface area contributed by atoms with Gasteiger partial charge in [0.2, 0.25) is 11.8 Å². The Morgan fingerprint density at radius 2 is 1.61 bits per heavy atom. The van der Waals surface area contributed by atoms with Gasteiger partial charge in [-0.05, 0) is 49.3 Å². The zero-order chi connectivity index (χ0) is 21.9. The van der Waals surface area contributed by atoms with Gasteiger partial charge in [0, 0.05) is 19.1 Å². The highest BCUT2D eigenvalue weighted by molar-refractivity contribution is 5.88. The molecular formula is C25H38N2O4. The van der Waals surface area contributed by atoms with Crippen LogP contribution >= 0.6 is 0 Å². The van der Waals surface area contributed by atoms with Gasteiger partial charge in [0.25, 0.3) is 0 Å². The molecule has 31 heavy (non-hydrogen) atoms. The van der Waals surface area contributed by atoms with Crippen molar-refractivity contribution in [3.05, 3.63) is 29.8 Å².